The molecule has 1 aliphatic heterocycles. The number of halogens is 1. The highest BCUT2D eigenvalue weighted by Gasteiger charge is 2.66. The Morgan fingerprint density at radius 2 is 2.27 bits per heavy atom. The van der Waals surface area contributed by atoms with Gasteiger partial charge < -0.3 is 20.7 Å². The second kappa shape index (κ2) is 4.64. The quantitative estimate of drug-likeness (QED) is 0.725. The van der Waals surface area contributed by atoms with E-state index in [1.807, 2.05) is 0 Å². The van der Waals surface area contributed by atoms with E-state index in [-0.39, 0.29) is 5.69 Å². The molecule has 0 unspecified atom stereocenters. The van der Waals surface area contributed by atoms with Gasteiger partial charge in [-0.3, -0.25) is 0 Å². The summed E-state index contributed by atoms with van der Waals surface area (Å²) in [6.45, 7) is 0.464. The smallest absolute Gasteiger partial charge is 0.233 e. The molecule has 2 aromatic heterocycles. The molecule has 3 heterocycles. The van der Waals surface area contributed by atoms with Gasteiger partial charge in [0.1, 0.15) is 18.3 Å². The van der Waals surface area contributed by atoms with Gasteiger partial charge in [-0.05, 0) is 25.1 Å². The molecule has 0 aliphatic carbocycles. The molecule has 116 valence electrons. The number of nitrogen functional groups attached to an aromatic ring is 1. The number of fused-ring (bicyclic) bond motifs is 1. The molecular weight excluding hydrogens is 291 g/mol. The lowest BCUT2D eigenvalue weighted by atomic mass is 9.82. The van der Waals surface area contributed by atoms with Crippen LogP contribution in [0.5, 0.6) is 0 Å². The standard InChI is InChI=1S/C14H15FN4O3/c1-13(15)12(21)10(6-20)22-14(13,7-16)11-3-2-9-8(17)4-5-18-19(9)11/h2-5,10,12,20-21H,6,17H2,1H3/t10-,12-,13-,14+/m1/s1. The van der Waals surface area contributed by atoms with E-state index < -0.39 is 30.1 Å². The second-order valence-electron chi connectivity index (χ2n) is 5.45. The first-order chi connectivity index (χ1) is 10.4. The van der Waals surface area contributed by atoms with Crippen LogP contribution in [0.2, 0.25) is 0 Å². The van der Waals surface area contributed by atoms with Crippen LogP contribution in [0.15, 0.2) is 24.4 Å². The molecule has 3 rings (SSSR count). The number of rotatable bonds is 2. The maximum atomic E-state index is 15.2. The number of aliphatic hydroxyl groups is 2. The van der Waals surface area contributed by atoms with Gasteiger partial charge in [-0.1, -0.05) is 0 Å². The van der Waals surface area contributed by atoms with Crippen LogP contribution in [-0.2, 0) is 10.3 Å². The molecule has 1 fully saturated rings. The second-order valence-corrected chi connectivity index (χ2v) is 5.45. The maximum Gasteiger partial charge on any atom is 0.233 e. The number of ether oxygens (including phenoxy) is 1. The lowest BCUT2D eigenvalue weighted by Gasteiger charge is -2.30. The van der Waals surface area contributed by atoms with Crippen molar-refractivity contribution < 1.29 is 19.3 Å². The molecule has 4 atom stereocenters. The third-order valence-electron chi connectivity index (χ3n) is 4.21. The minimum absolute atomic E-state index is 0.109. The zero-order chi connectivity index (χ0) is 16.1. The Morgan fingerprint density at radius 1 is 1.55 bits per heavy atom. The minimum Gasteiger partial charge on any atom is -0.397 e. The summed E-state index contributed by atoms with van der Waals surface area (Å²) in [6.07, 6.45) is -1.44. The van der Waals surface area contributed by atoms with Crippen molar-refractivity contribution >= 4 is 11.2 Å². The Kier molecular flexibility index (Phi) is 3.11. The van der Waals surface area contributed by atoms with Crippen molar-refractivity contribution in [3.05, 3.63) is 30.1 Å². The zero-order valence-electron chi connectivity index (χ0n) is 11.8. The van der Waals surface area contributed by atoms with Crippen LogP contribution >= 0.6 is 0 Å². The average Bonchev–Trinajstić information content (AvgIpc) is 3.01. The fourth-order valence-corrected chi connectivity index (χ4v) is 2.91. The molecule has 2 aromatic rings. The molecular formula is C14H15FN4O3. The zero-order valence-corrected chi connectivity index (χ0v) is 11.8. The lowest BCUT2D eigenvalue weighted by Crippen LogP contribution is -2.48. The predicted octanol–water partition coefficient (Wildman–Crippen LogP) is 0.116. The average molecular weight is 306 g/mol. The summed E-state index contributed by atoms with van der Waals surface area (Å²) in [5, 5.41) is 33.0. The number of aromatic nitrogens is 2. The monoisotopic (exact) mass is 306 g/mol. The number of hydrogen-bond donors (Lipinski definition) is 3. The van der Waals surface area contributed by atoms with Gasteiger partial charge in [-0.2, -0.15) is 10.4 Å². The van der Waals surface area contributed by atoms with Gasteiger partial charge in [-0.15, -0.1) is 0 Å². The number of nitriles is 1. The summed E-state index contributed by atoms with van der Waals surface area (Å²) in [6, 6.07) is 6.45. The van der Waals surface area contributed by atoms with Gasteiger partial charge in [0.2, 0.25) is 5.60 Å². The van der Waals surface area contributed by atoms with E-state index in [1.165, 1.54) is 16.8 Å². The topological polar surface area (TPSA) is 117 Å². The van der Waals surface area contributed by atoms with E-state index in [9.17, 15) is 15.5 Å². The van der Waals surface area contributed by atoms with Crippen LogP contribution in [0.1, 0.15) is 12.6 Å². The Hall–Kier alpha value is -2.21. The largest absolute Gasteiger partial charge is 0.397 e. The highest BCUT2D eigenvalue weighted by Crippen LogP contribution is 2.49. The first kappa shape index (κ1) is 14.7. The summed E-state index contributed by atoms with van der Waals surface area (Å²) in [7, 11) is 0. The Bertz CT molecular complexity index is 769. The van der Waals surface area contributed by atoms with Crippen molar-refractivity contribution in [3.8, 4) is 6.07 Å². The summed E-state index contributed by atoms with van der Waals surface area (Å²) in [4.78, 5) is 0. The van der Waals surface area contributed by atoms with Gasteiger partial charge in [0.15, 0.2) is 5.67 Å². The number of nitrogens with zero attached hydrogens (tertiary/aromatic N) is 3. The fourth-order valence-electron chi connectivity index (χ4n) is 2.91. The van der Waals surface area contributed by atoms with Crippen molar-refractivity contribution in [2.75, 3.05) is 12.3 Å². The Labute approximate surface area is 125 Å². The molecule has 8 heteroatoms. The van der Waals surface area contributed by atoms with Crippen LogP contribution in [0.4, 0.5) is 10.1 Å². The van der Waals surface area contributed by atoms with Crippen LogP contribution in [0.25, 0.3) is 5.52 Å². The summed E-state index contributed by atoms with van der Waals surface area (Å²) in [5.41, 5.74) is 2.31. The van der Waals surface area contributed by atoms with E-state index in [0.717, 1.165) is 6.92 Å². The van der Waals surface area contributed by atoms with Crippen LogP contribution in [0.3, 0.4) is 0 Å². The van der Waals surface area contributed by atoms with Crippen molar-refractivity contribution in [3.63, 3.8) is 0 Å². The molecule has 22 heavy (non-hydrogen) atoms. The van der Waals surface area contributed by atoms with Gasteiger partial charge in [0, 0.05) is 6.20 Å². The molecule has 7 nitrogen and oxygen atoms in total. The fraction of sp³-hybridized carbons (Fsp3) is 0.429. The SMILES string of the molecule is C[C@@]1(F)[C@H](O)[C@@H](CO)O[C@@]1(C#N)c1ccc2c(N)ccnn12. The van der Waals surface area contributed by atoms with Crippen LogP contribution in [0, 0.1) is 11.3 Å². The molecule has 0 saturated carbocycles. The van der Waals surface area contributed by atoms with Gasteiger partial charge >= 0.3 is 0 Å². The molecule has 0 radical (unpaired) electrons. The molecule has 1 aliphatic rings. The van der Waals surface area contributed by atoms with Gasteiger partial charge in [0.25, 0.3) is 0 Å². The van der Waals surface area contributed by atoms with Crippen LogP contribution in [-0.4, -0.2) is 44.3 Å². The first-order valence-electron chi connectivity index (χ1n) is 6.68. The number of alkyl halides is 1. The molecule has 0 amide bonds. The minimum atomic E-state index is -2.43. The summed E-state index contributed by atoms with van der Waals surface area (Å²) < 4.78 is 21.9. The summed E-state index contributed by atoms with van der Waals surface area (Å²) >= 11 is 0. The van der Waals surface area contributed by atoms with E-state index >= 15 is 4.39 Å². The third kappa shape index (κ3) is 1.61. The number of anilines is 1. The van der Waals surface area contributed by atoms with Crippen molar-refractivity contribution in [2.45, 2.75) is 30.4 Å². The Balaban J connectivity index is 2.27. The highest BCUT2D eigenvalue weighted by molar-refractivity contribution is 5.70. The highest BCUT2D eigenvalue weighted by atomic mass is 19.1. The van der Waals surface area contributed by atoms with E-state index in [4.69, 9.17) is 10.5 Å². The molecule has 0 spiro atoms. The van der Waals surface area contributed by atoms with Gasteiger partial charge in [-0.25, -0.2) is 8.91 Å². The lowest BCUT2D eigenvalue weighted by molar-refractivity contribution is -0.0718. The normalized spacial score (nSPS) is 34.9. The molecule has 1 saturated heterocycles. The first-order valence-corrected chi connectivity index (χ1v) is 6.68. The van der Waals surface area contributed by atoms with Crippen molar-refractivity contribution in [2.24, 2.45) is 0 Å². The molecule has 0 aromatic carbocycles. The van der Waals surface area contributed by atoms with E-state index in [2.05, 4.69) is 5.10 Å². The Morgan fingerprint density at radius 3 is 2.86 bits per heavy atom. The number of aliphatic hydroxyl groups excluding tert-OH is 2. The summed E-state index contributed by atoms with van der Waals surface area (Å²) in [5.74, 6) is 0. The predicted molar refractivity (Wildman–Crippen MR) is 74.4 cm³/mol. The van der Waals surface area contributed by atoms with E-state index in [0.29, 0.717) is 11.2 Å². The van der Waals surface area contributed by atoms with Crippen LogP contribution < -0.4 is 5.73 Å². The third-order valence-corrected chi connectivity index (χ3v) is 4.21. The number of hydrogen-bond acceptors (Lipinski definition) is 6. The molecule has 0 bridgehead atoms. The number of nitrogens with two attached hydrogens (primary N) is 1. The van der Waals surface area contributed by atoms with Gasteiger partial charge in [0.05, 0.1) is 23.5 Å². The maximum absolute atomic E-state index is 15.2. The molecule has 4 N–H and O–H groups in total. The van der Waals surface area contributed by atoms with E-state index in [1.54, 1.807) is 18.2 Å². The van der Waals surface area contributed by atoms with Crippen molar-refractivity contribution in [1.29, 1.82) is 5.26 Å². The van der Waals surface area contributed by atoms with Crippen molar-refractivity contribution in [1.82, 2.24) is 9.61 Å².